The van der Waals surface area contributed by atoms with Crippen molar-refractivity contribution in [3.63, 3.8) is 0 Å². The molecule has 0 aliphatic heterocycles. The summed E-state index contributed by atoms with van der Waals surface area (Å²) in [5.74, 6) is 0.851. The number of aryl methyl sites for hydroxylation is 1. The van der Waals surface area contributed by atoms with E-state index in [2.05, 4.69) is 20.8 Å². The van der Waals surface area contributed by atoms with Crippen LogP contribution in [-0.4, -0.2) is 30.1 Å². The molecule has 0 fully saturated rings. The third-order valence-corrected chi connectivity index (χ3v) is 4.25. The van der Waals surface area contributed by atoms with Gasteiger partial charge in [0.15, 0.2) is 0 Å². The number of hydrogen-bond acceptors (Lipinski definition) is 8. The predicted octanol–water partition coefficient (Wildman–Crippen LogP) is 1.98. The van der Waals surface area contributed by atoms with E-state index in [-0.39, 0.29) is 24.7 Å². The minimum Gasteiger partial charge on any atom is -0.497 e. The Morgan fingerprint density at radius 3 is 2.79 bits per heavy atom. The first-order valence-corrected chi connectivity index (χ1v) is 8.54. The lowest BCUT2D eigenvalue weighted by molar-refractivity contribution is -0.120. The number of hydrazine groups is 1. The Morgan fingerprint density at radius 1 is 1.21 bits per heavy atom. The SMILES string of the molecule is COc1ccc2c(C)c(CCC(=O)NNc3nccc(OC)n3)c(=O)oc2c1. The van der Waals surface area contributed by atoms with Crippen molar-refractivity contribution < 1.29 is 18.7 Å². The minimum atomic E-state index is -0.463. The lowest BCUT2D eigenvalue weighted by Gasteiger charge is -2.10. The average Bonchev–Trinajstić information content (AvgIpc) is 2.71. The largest absolute Gasteiger partial charge is 0.497 e. The van der Waals surface area contributed by atoms with E-state index in [9.17, 15) is 9.59 Å². The van der Waals surface area contributed by atoms with Gasteiger partial charge in [-0.15, -0.1) is 0 Å². The molecule has 9 heteroatoms. The molecule has 3 rings (SSSR count). The zero-order chi connectivity index (χ0) is 20.1. The molecule has 0 saturated carbocycles. The Labute approximate surface area is 160 Å². The first-order chi connectivity index (χ1) is 13.5. The number of anilines is 1. The highest BCUT2D eigenvalue weighted by atomic mass is 16.5. The van der Waals surface area contributed by atoms with Gasteiger partial charge in [0, 0.05) is 35.7 Å². The number of fused-ring (bicyclic) bond motifs is 1. The second-order valence-corrected chi connectivity index (χ2v) is 5.95. The molecular formula is C19H20N4O5. The molecule has 0 saturated heterocycles. The monoisotopic (exact) mass is 384 g/mol. The second-order valence-electron chi connectivity index (χ2n) is 5.95. The van der Waals surface area contributed by atoms with Gasteiger partial charge in [-0.05, 0) is 31.0 Å². The van der Waals surface area contributed by atoms with Crippen LogP contribution in [0.15, 0.2) is 39.7 Å². The number of methoxy groups -OCH3 is 2. The molecule has 28 heavy (non-hydrogen) atoms. The Morgan fingerprint density at radius 2 is 2.04 bits per heavy atom. The van der Waals surface area contributed by atoms with E-state index in [4.69, 9.17) is 13.9 Å². The molecule has 2 N–H and O–H groups in total. The Hall–Kier alpha value is -3.62. The minimum absolute atomic E-state index is 0.0875. The van der Waals surface area contributed by atoms with Gasteiger partial charge in [0.2, 0.25) is 17.7 Å². The zero-order valence-electron chi connectivity index (χ0n) is 15.7. The number of rotatable bonds is 7. The highest BCUT2D eigenvalue weighted by Gasteiger charge is 2.14. The molecule has 9 nitrogen and oxygen atoms in total. The van der Waals surface area contributed by atoms with E-state index in [0.29, 0.717) is 22.8 Å². The number of aromatic nitrogens is 2. The number of nitrogens with zero attached hydrogens (tertiary/aromatic N) is 2. The Balaban J connectivity index is 1.67. The molecule has 2 heterocycles. The quantitative estimate of drug-likeness (QED) is 0.469. The fourth-order valence-electron chi connectivity index (χ4n) is 2.73. The van der Waals surface area contributed by atoms with Crippen molar-refractivity contribution in [1.82, 2.24) is 15.4 Å². The lowest BCUT2D eigenvalue weighted by Crippen LogP contribution is -2.31. The molecule has 0 radical (unpaired) electrons. The van der Waals surface area contributed by atoms with E-state index in [0.717, 1.165) is 10.9 Å². The molecule has 3 aromatic rings. The summed E-state index contributed by atoms with van der Waals surface area (Å²) in [7, 11) is 3.03. The van der Waals surface area contributed by atoms with Gasteiger partial charge in [-0.25, -0.2) is 9.78 Å². The number of nitrogens with one attached hydrogen (secondary N) is 2. The Kier molecular flexibility index (Phi) is 5.73. The van der Waals surface area contributed by atoms with Gasteiger partial charge in [0.05, 0.1) is 14.2 Å². The summed E-state index contributed by atoms with van der Waals surface area (Å²) in [5.41, 5.74) is 6.34. The van der Waals surface area contributed by atoms with E-state index in [1.165, 1.54) is 13.3 Å². The predicted molar refractivity (Wildman–Crippen MR) is 102 cm³/mol. The van der Waals surface area contributed by atoms with Crippen LogP contribution < -0.4 is 26.0 Å². The third kappa shape index (κ3) is 4.20. The maximum absolute atomic E-state index is 12.3. The van der Waals surface area contributed by atoms with E-state index >= 15 is 0 Å². The molecule has 0 aliphatic carbocycles. The maximum atomic E-state index is 12.3. The molecule has 0 aliphatic rings. The van der Waals surface area contributed by atoms with Crippen LogP contribution in [0, 0.1) is 6.92 Å². The van der Waals surface area contributed by atoms with Gasteiger partial charge in [-0.1, -0.05) is 0 Å². The zero-order valence-corrected chi connectivity index (χ0v) is 15.7. The van der Waals surface area contributed by atoms with Gasteiger partial charge in [0.1, 0.15) is 11.3 Å². The van der Waals surface area contributed by atoms with Crippen molar-refractivity contribution >= 4 is 22.8 Å². The topological polar surface area (TPSA) is 116 Å². The summed E-state index contributed by atoms with van der Waals surface area (Å²) in [6, 6.07) is 6.88. The standard InChI is InChI=1S/C19H20N4O5/c1-11-13-5-4-12(26-2)10-15(13)28-18(25)14(11)6-7-16(24)22-23-19-20-9-8-17(21-19)27-3/h4-5,8-10H,6-7H2,1-3H3,(H,22,24)(H,20,21,23). The molecule has 2 aromatic heterocycles. The van der Waals surface area contributed by atoms with Crippen molar-refractivity contribution in [2.75, 3.05) is 19.6 Å². The van der Waals surface area contributed by atoms with E-state index < -0.39 is 5.63 Å². The van der Waals surface area contributed by atoms with Crippen molar-refractivity contribution in [3.8, 4) is 11.6 Å². The number of carbonyl (C=O) groups excluding carboxylic acids is 1. The van der Waals surface area contributed by atoms with E-state index in [1.807, 2.05) is 13.0 Å². The number of hydrogen-bond donors (Lipinski definition) is 2. The normalized spacial score (nSPS) is 10.5. The smallest absolute Gasteiger partial charge is 0.339 e. The van der Waals surface area contributed by atoms with Crippen molar-refractivity contribution in [1.29, 1.82) is 0 Å². The van der Waals surface area contributed by atoms with Gasteiger partial charge < -0.3 is 13.9 Å². The molecule has 0 unspecified atom stereocenters. The highest BCUT2D eigenvalue weighted by Crippen LogP contribution is 2.24. The molecule has 146 valence electrons. The number of amides is 1. The first-order valence-electron chi connectivity index (χ1n) is 8.54. The Bertz CT molecular complexity index is 1060. The van der Waals surface area contributed by atoms with Crippen molar-refractivity contribution in [2.45, 2.75) is 19.8 Å². The van der Waals surface area contributed by atoms with Crippen LogP contribution in [0.3, 0.4) is 0 Å². The fraction of sp³-hybridized carbons (Fsp3) is 0.263. The number of ether oxygens (including phenoxy) is 2. The van der Waals surface area contributed by atoms with Gasteiger partial charge in [0.25, 0.3) is 0 Å². The number of carbonyl (C=O) groups is 1. The summed E-state index contributed by atoms with van der Waals surface area (Å²) in [5, 5.41) is 0.804. The molecule has 1 aromatic carbocycles. The van der Waals surface area contributed by atoms with Crippen molar-refractivity contribution in [2.24, 2.45) is 0 Å². The van der Waals surface area contributed by atoms with Gasteiger partial charge in [-0.3, -0.25) is 15.6 Å². The summed E-state index contributed by atoms with van der Waals surface area (Å²) in [6.45, 7) is 1.83. The molecule has 0 spiro atoms. The van der Waals surface area contributed by atoms with Gasteiger partial charge in [-0.2, -0.15) is 4.98 Å². The van der Waals surface area contributed by atoms with Crippen LogP contribution >= 0.6 is 0 Å². The van der Waals surface area contributed by atoms with Gasteiger partial charge >= 0.3 is 5.63 Å². The molecular weight excluding hydrogens is 364 g/mol. The first kappa shape index (κ1) is 19.2. The van der Waals surface area contributed by atoms with Crippen LogP contribution in [0.1, 0.15) is 17.5 Å². The lowest BCUT2D eigenvalue weighted by atomic mass is 10.0. The van der Waals surface area contributed by atoms with Crippen LogP contribution in [0.4, 0.5) is 5.95 Å². The molecule has 0 bridgehead atoms. The highest BCUT2D eigenvalue weighted by molar-refractivity contribution is 5.83. The summed E-state index contributed by atoms with van der Waals surface area (Å²) >= 11 is 0. The average molecular weight is 384 g/mol. The van der Waals surface area contributed by atoms with Crippen LogP contribution in [-0.2, 0) is 11.2 Å². The third-order valence-electron chi connectivity index (χ3n) is 4.25. The summed E-state index contributed by atoms with van der Waals surface area (Å²) in [6.07, 6.45) is 1.83. The van der Waals surface area contributed by atoms with E-state index in [1.54, 1.807) is 25.3 Å². The molecule has 1 amide bonds. The van der Waals surface area contributed by atoms with Crippen molar-refractivity contribution in [3.05, 3.63) is 52.0 Å². The fourth-order valence-corrected chi connectivity index (χ4v) is 2.73. The maximum Gasteiger partial charge on any atom is 0.339 e. The van der Waals surface area contributed by atoms with Crippen LogP contribution in [0.2, 0.25) is 0 Å². The second kappa shape index (κ2) is 8.38. The van der Waals surface area contributed by atoms with Crippen LogP contribution in [0.5, 0.6) is 11.6 Å². The molecule has 0 atom stereocenters. The summed E-state index contributed by atoms with van der Waals surface area (Å²) < 4.78 is 15.5. The summed E-state index contributed by atoms with van der Waals surface area (Å²) in [4.78, 5) is 32.4. The van der Waals surface area contributed by atoms with Crippen LogP contribution in [0.25, 0.3) is 11.0 Å². The number of benzene rings is 1.